The fourth-order valence-corrected chi connectivity index (χ4v) is 5.57. The van der Waals surface area contributed by atoms with Gasteiger partial charge in [-0.2, -0.15) is 0 Å². The number of methoxy groups -OCH3 is 3. The highest BCUT2D eigenvalue weighted by atomic mass is 32.2. The van der Waals surface area contributed by atoms with Crippen molar-refractivity contribution in [3.63, 3.8) is 0 Å². The fourth-order valence-electron chi connectivity index (χ4n) is 2.52. The van der Waals surface area contributed by atoms with E-state index in [1.165, 1.54) is 17.9 Å². The van der Waals surface area contributed by atoms with Crippen molar-refractivity contribution < 1.29 is 18.9 Å². The van der Waals surface area contributed by atoms with Gasteiger partial charge in [0.15, 0.2) is 0 Å². The van der Waals surface area contributed by atoms with Gasteiger partial charge in [0.2, 0.25) is 0 Å². The molecule has 0 aromatic heterocycles. The predicted octanol–water partition coefficient (Wildman–Crippen LogP) is 1.63. The molecular formula is C12H22O4S2. The van der Waals surface area contributed by atoms with Gasteiger partial charge >= 0.3 is 0 Å². The summed E-state index contributed by atoms with van der Waals surface area (Å²) in [6.07, 6.45) is 1.31. The van der Waals surface area contributed by atoms with Crippen LogP contribution in [0.4, 0.5) is 0 Å². The molecule has 0 aromatic carbocycles. The lowest BCUT2D eigenvalue weighted by Crippen LogP contribution is -2.40. The van der Waals surface area contributed by atoms with E-state index in [9.17, 15) is 0 Å². The molecule has 0 N–H and O–H groups in total. The van der Waals surface area contributed by atoms with Crippen LogP contribution >= 0.6 is 23.5 Å². The van der Waals surface area contributed by atoms with Crippen LogP contribution in [0.5, 0.6) is 0 Å². The van der Waals surface area contributed by atoms with Crippen molar-refractivity contribution in [2.24, 2.45) is 0 Å². The van der Waals surface area contributed by atoms with E-state index < -0.39 is 0 Å². The smallest absolute Gasteiger partial charge is 0.114 e. The number of thioether (sulfide) groups is 2. The zero-order valence-electron chi connectivity index (χ0n) is 11.2. The van der Waals surface area contributed by atoms with Crippen molar-refractivity contribution in [1.29, 1.82) is 0 Å². The number of ether oxygens (including phenoxy) is 4. The lowest BCUT2D eigenvalue weighted by atomic mass is 10.1. The molecule has 2 fully saturated rings. The molecule has 6 heteroatoms. The van der Waals surface area contributed by atoms with E-state index in [0.29, 0.717) is 11.2 Å². The molecule has 2 aliphatic heterocycles. The Morgan fingerprint density at radius 2 is 1.72 bits per heavy atom. The van der Waals surface area contributed by atoms with Crippen molar-refractivity contribution in [2.45, 2.75) is 35.4 Å². The normalized spacial score (nSPS) is 38.2. The third-order valence-electron chi connectivity index (χ3n) is 3.34. The minimum atomic E-state index is -0.0388. The van der Waals surface area contributed by atoms with Gasteiger partial charge in [-0.05, 0) is 17.9 Å². The lowest BCUT2D eigenvalue weighted by molar-refractivity contribution is -0.0472. The van der Waals surface area contributed by atoms with Crippen LogP contribution < -0.4 is 0 Å². The molecule has 0 saturated carbocycles. The quantitative estimate of drug-likeness (QED) is 0.767. The van der Waals surface area contributed by atoms with Crippen LogP contribution in [-0.4, -0.2) is 68.4 Å². The molecule has 2 rings (SSSR count). The summed E-state index contributed by atoms with van der Waals surface area (Å²) < 4.78 is 23.0. The van der Waals surface area contributed by atoms with E-state index in [1.807, 2.05) is 23.5 Å². The van der Waals surface area contributed by atoms with E-state index in [0.717, 1.165) is 0 Å². The molecular weight excluding hydrogens is 272 g/mol. The van der Waals surface area contributed by atoms with Gasteiger partial charge in [0.1, 0.15) is 24.4 Å². The highest BCUT2D eigenvalue weighted by molar-refractivity contribution is 8.17. The predicted molar refractivity (Wildman–Crippen MR) is 75.5 cm³/mol. The summed E-state index contributed by atoms with van der Waals surface area (Å²) in [7, 11) is 5.14. The Balaban J connectivity index is 2.04. The molecule has 4 nitrogen and oxygen atoms in total. The Morgan fingerprint density at radius 3 is 2.28 bits per heavy atom. The van der Waals surface area contributed by atoms with E-state index >= 15 is 0 Å². The maximum Gasteiger partial charge on any atom is 0.114 e. The SMILES string of the molecule is COC[C@@H]1O[C@@H](C2SCCCS2)[C@@H](OC)[C@@H]1OC. The highest BCUT2D eigenvalue weighted by Crippen LogP contribution is 2.40. The molecule has 2 aliphatic rings. The van der Waals surface area contributed by atoms with Crippen molar-refractivity contribution in [3.8, 4) is 0 Å². The zero-order valence-corrected chi connectivity index (χ0v) is 12.8. The Hall–Kier alpha value is 0.540. The second kappa shape index (κ2) is 7.36. The first-order valence-corrected chi connectivity index (χ1v) is 8.34. The molecule has 0 spiro atoms. The Morgan fingerprint density at radius 1 is 1.06 bits per heavy atom. The molecule has 0 amide bonds. The summed E-state index contributed by atoms with van der Waals surface area (Å²) in [5.74, 6) is 2.42. The zero-order chi connectivity index (χ0) is 13.0. The molecule has 106 valence electrons. The summed E-state index contributed by atoms with van der Waals surface area (Å²) in [6, 6.07) is 0. The first-order valence-electron chi connectivity index (χ1n) is 6.25. The second-order valence-corrected chi connectivity index (χ2v) is 7.26. The van der Waals surface area contributed by atoms with E-state index in [2.05, 4.69) is 0 Å². The minimum absolute atomic E-state index is 0.00162. The third kappa shape index (κ3) is 3.16. The first kappa shape index (κ1) is 14.9. The Bertz CT molecular complexity index is 248. The van der Waals surface area contributed by atoms with Crippen LogP contribution in [0.15, 0.2) is 0 Å². The van der Waals surface area contributed by atoms with Crippen LogP contribution in [0.1, 0.15) is 6.42 Å². The summed E-state index contributed by atoms with van der Waals surface area (Å²) >= 11 is 3.95. The Kier molecular flexibility index (Phi) is 6.11. The van der Waals surface area contributed by atoms with Gasteiger partial charge in [0.05, 0.1) is 11.2 Å². The average Bonchev–Trinajstić information content (AvgIpc) is 2.77. The highest BCUT2D eigenvalue weighted by Gasteiger charge is 2.48. The number of hydrogen-bond acceptors (Lipinski definition) is 6. The molecule has 0 bridgehead atoms. The maximum atomic E-state index is 6.13. The average molecular weight is 294 g/mol. The summed E-state index contributed by atoms with van der Waals surface area (Å²) in [5.41, 5.74) is 0. The van der Waals surface area contributed by atoms with Gasteiger partial charge in [-0.1, -0.05) is 0 Å². The van der Waals surface area contributed by atoms with Crippen molar-refractivity contribution in [3.05, 3.63) is 0 Å². The van der Waals surface area contributed by atoms with Crippen LogP contribution in [0.25, 0.3) is 0 Å². The van der Waals surface area contributed by atoms with Crippen LogP contribution in [0.2, 0.25) is 0 Å². The van der Waals surface area contributed by atoms with Gasteiger partial charge in [-0.3, -0.25) is 0 Å². The molecule has 2 heterocycles. The standard InChI is InChI=1S/C12H22O4S2/c1-13-7-8-9(14-2)10(15-3)11(16-8)12-17-5-4-6-18-12/h8-12H,4-7H2,1-3H3/t8-,9+,10-,11+/m0/s1. The van der Waals surface area contributed by atoms with Crippen LogP contribution in [0.3, 0.4) is 0 Å². The fraction of sp³-hybridized carbons (Fsp3) is 1.00. The van der Waals surface area contributed by atoms with Gasteiger partial charge in [0.25, 0.3) is 0 Å². The van der Waals surface area contributed by atoms with Crippen LogP contribution in [0, 0.1) is 0 Å². The van der Waals surface area contributed by atoms with E-state index in [-0.39, 0.29) is 24.4 Å². The maximum absolute atomic E-state index is 6.13. The van der Waals surface area contributed by atoms with Gasteiger partial charge in [0, 0.05) is 21.3 Å². The molecule has 4 atom stereocenters. The summed E-state index contributed by atoms with van der Waals surface area (Å²) in [4.78, 5) is 0. The van der Waals surface area contributed by atoms with Gasteiger partial charge < -0.3 is 18.9 Å². The van der Waals surface area contributed by atoms with Crippen molar-refractivity contribution in [2.75, 3.05) is 39.4 Å². The second-order valence-electron chi connectivity index (χ2n) is 4.46. The monoisotopic (exact) mass is 294 g/mol. The molecule has 0 aliphatic carbocycles. The number of rotatable bonds is 5. The summed E-state index contributed by atoms with van der Waals surface area (Å²) in [6.45, 7) is 0.552. The van der Waals surface area contributed by atoms with Crippen molar-refractivity contribution in [1.82, 2.24) is 0 Å². The topological polar surface area (TPSA) is 36.9 Å². The van der Waals surface area contributed by atoms with E-state index in [1.54, 1.807) is 21.3 Å². The van der Waals surface area contributed by atoms with E-state index in [4.69, 9.17) is 18.9 Å². The van der Waals surface area contributed by atoms with Gasteiger partial charge in [-0.25, -0.2) is 0 Å². The van der Waals surface area contributed by atoms with Gasteiger partial charge in [-0.15, -0.1) is 23.5 Å². The third-order valence-corrected chi connectivity index (χ3v) is 6.40. The molecule has 0 aromatic rings. The molecule has 0 radical (unpaired) electrons. The van der Waals surface area contributed by atoms with Crippen LogP contribution in [-0.2, 0) is 18.9 Å². The summed E-state index contributed by atoms with van der Waals surface area (Å²) in [5, 5.41) is 0. The number of hydrogen-bond donors (Lipinski definition) is 0. The molecule has 2 saturated heterocycles. The lowest BCUT2D eigenvalue weighted by Gasteiger charge is -2.29. The Labute approximate surface area is 117 Å². The van der Waals surface area contributed by atoms with Crippen molar-refractivity contribution >= 4 is 23.5 Å². The molecule has 0 unspecified atom stereocenters. The first-order chi connectivity index (χ1) is 8.81. The largest absolute Gasteiger partial charge is 0.382 e. The molecule has 18 heavy (non-hydrogen) atoms. The minimum Gasteiger partial charge on any atom is -0.382 e.